The molecule has 0 fully saturated rings. The molecule has 1 atom stereocenters. The molecular weight excluding hydrogens is 364 g/mol. The van der Waals surface area contributed by atoms with E-state index < -0.39 is 0 Å². The zero-order valence-electron chi connectivity index (χ0n) is 16.8. The Labute approximate surface area is 169 Å². The topological polar surface area (TPSA) is 67.2 Å². The number of hydrogen-bond donors (Lipinski definition) is 1. The van der Waals surface area contributed by atoms with E-state index in [1.807, 2.05) is 39.2 Å². The summed E-state index contributed by atoms with van der Waals surface area (Å²) in [6, 6.07) is 12.2. The van der Waals surface area contributed by atoms with E-state index >= 15 is 0 Å². The fourth-order valence-corrected chi connectivity index (χ4v) is 3.75. The predicted octanol–water partition coefficient (Wildman–Crippen LogP) is 3.69. The number of pyridine rings is 1. The third-order valence-corrected chi connectivity index (χ3v) is 5.63. The molecule has 1 aliphatic rings. The molecule has 1 aliphatic heterocycles. The number of nitrogens with one attached hydrogen (secondary N) is 1. The molecule has 0 bridgehead atoms. The van der Waals surface area contributed by atoms with Crippen LogP contribution in [0.3, 0.4) is 0 Å². The number of fused-ring (bicyclic) bond motifs is 2. The Balaban J connectivity index is 1.50. The van der Waals surface area contributed by atoms with Gasteiger partial charge in [-0.25, -0.2) is 4.98 Å². The van der Waals surface area contributed by atoms with Crippen molar-refractivity contribution in [1.29, 1.82) is 0 Å². The summed E-state index contributed by atoms with van der Waals surface area (Å²) < 4.78 is 2.13. The normalized spacial score (nSPS) is 14.7. The van der Waals surface area contributed by atoms with Crippen molar-refractivity contribution in [2.45, 2.75) is 25.8 Å². The summed E-state index contributed by atoms with van der Waals surface area (Å²) in [4.78, 5) is 30.2. The summed E-state index contributed by atoms with van der Waals surface area (Å²) in [6.45, 7) is 2.03. The van der Waals surface area contributed by atoms with Crippen LogP contribution in [0.2, 0.25) is 0 Å². The second-order valence-corrected chi connectivity index (χ2v) is 7.47. The van der Waals surface area contributed by atoms with Gasteiger partial charge in [0.15, 0.2) is 0 Å². The van der Waals surface area contributed by atoms with Gasteiger partial charge in [-0.2, -0.15) is 0 Å². The lowest BCUT2D eigenvalue weighted by molar-refractivity contribution is -0.126. The van der Waals surface area contributed by atoms with Gasteiger partial charge in [-0.3, -0.25) is 9.59 Å². The molecule has 6 heteroatoms. The lowest BCUT2D eigenvalue weighted by Gasteiger charge is -2.24. The average molecular weight is 388 g/mol. The third-order valence-electron chi connectivity index (χ3n) is 5.63. The molecule has 2 aromatic heterocycles. The average Bonchev–Trinajstić information content (AvgIpc) is 3.07. The minimum absolute atomic E-state index is 0.00702. The number of anilines is 1. The number of nitrogens with zero attached hydrogens (tertiary/aromatic N) is 3. The Hall–Kier alpha value is -3.41. The molecule has 3 heterocycles. The fourth-order valence-electron chi connectivity index (χ4n) is 3.75. The van der Waals surface area contributed by atoms with Gasteiger partial charge in [-0.05, 0) is 54.1 Å². The van der Waals surface area contributed by atoms with Crippen molar-refractivity contribution in [3.05, 3.63) is 65.5 Å². The first kappa shape index (κ1) is 18.9. The number of benzene rings is 1. The molecule has 0 saturated heterocycles. The number of amides is 2. The van der Waals surface area contributed by atoms with Gasteiger partial charge in [0.2, 0.25) is 11.8 Å². The number of aromatic nitrogens is 2. The number of carbonyl (C=O) groups excluding carboxylic acids is 2. The number of aryl methyl sites for hydroxylation is 2. The number of para-hydroxylation sites is 1. The number of rotatable bonds is 4. The maximum absolute atomic E-state index is 12.7. The molecular formula is C23H24N4O2. The first-order valence-electron chi connectivity index (χ1n) is 9.72. The van der Waals surface area contributed by atoms with Gasteiger partial charge in [0.25, 0.3) is 0 Å². The summed E-state index contributed by atoms with van der Waals surface area (Å²) >= 11 is 0. The first-order chi connectivity index (χ1) is 13.9. The van der Waals surface area contributed by atoms with Gasteiger partial charge in [-0.15, -0.1) is 0 Å². The van der Waals surface area contributed by atoms with Crippen molar-refractivity contribution in [3.8, 4) is 0 Å². The van der Waals surface area contributed by atoms with Crippen LogP contribution < -0.4 is 5.32 Å². The van der Waals surface area contributed by atoms with Gasteiger partial charge in [0, 0.05) is 44.0 Å². The van der Waals surface area contributed by atoms with Gasteiger partial charge in [0.1, 0.15) is 5.82 Å². The van der Waals surface area contributed by atoms with Crippen LogP contribution in [-0.4, -0.2) is 33.3 Å². The number of hydrogen-bond acceptors (Lipinski definition) is 3. The highest BCUT2D eigenvalue weighted by atomic mass is 16.2. The molecule has 1 N–H and O–H groups in total. The van der Waals surface area contributed by atoms with E-state index in [9.17, 15) is 9.59 Å². The lowest BCUT2D eigenvalue weighted by Crippen LogP contribution is -2.29. The van der Waals surface area contributed by atoms with Crippen LogP contribution in [0.5, 0.6) is 0 Å². The summed E-state index contributed by atoms with van der Waals surface area (Å²) in [5, 5.41) is 3.93. The fraction of sp³-hybridized carbons (Fsp3) is 0.261. The van der Waals surface area contributed by atoms with Gasteiger partial charge in [0.05, 0.1) is 6.04 Å². The van der Waals surface area contributed by atoms with Crippen molar-refractivity contribution in [2.24, 2.45) is 7.05 Å². The third kappa shape index (κ3) is 3.66. The minimum atomic E-state index is -0.0752. The molecule has 0 saturated carbocycles. The Bertz CT molecular complexity index is 1130. The molecule has 3 aromatic rings. The van der Waals surface area contributed by atoms with E-state index in [1.54, 1.807) is 23.2 Å². The van der Waals surface area contributed by atoms with Crippen LogP contribution in [0.1, 0.15) is 36.2 Å². The maximum atomic E-state index is 12.7. The maximum Gasteiger partial charge on any atom is 0.246 e. The summed E-state index contributed by atoms with van der Waals surface area (Å²) in [7, 11) is 3.84. The van der Waals surface area contributed by atoms with E-state index in [1.165, 1.54) is 5.39 Å². The molecule has 6 nitrogen and oxygen atoms in total. The van der Waals surface area contributed by atoms with Crippen LogP contribution in [0.4, 0.5) is 5.82 Å². The summed E-state index contributed by atoms with van der Waals surface area (Å²) in [6.07, 6.45) is 6.15. The second kappa shape index (κ2) is 7.54. The standard InChI is InChI=1S/C23H24N4O2/c1-15(20-13-17-6-4-5-7-19(17)27(20)3)26(2)22(29)11-8-16-12-18-9-10-21(28)25-23(18)24-14-16/h4-8,11-15H,9-10H2,1-3H3,(H,24,25,28). The number of likely N-dealkylation sites (N-methyl/N-ethyl adjacent to an activating group) is 1. The molecule has 0 spiro atoms. The van der Waals surface area contributed by atoms with Gasteiger partial charge < -0.3 is 14.8 Å². The van der Waals surface area contributed by atoms with Crippen LogP contribution in [-0.2, 0) is 23.1 Å². The van der Waals surface area contributed by atoms with E-state index in [4.69, 9.17) is 0 Å². The monoisotopic (exact) mass is 388 g/mol. The summed E-state index contributed by atoms with van der Waals surface area (Å²) in [5.74, 6) is 0.535. The van der Waals surface area contributed by atoms with Crippen LogP contribution in [0.15, 0.2) is 48.7 Å². The highest BCUT2D eigenvalue weighted by Crippen LogP contribution is 2.26. The van der Waals surface area contributed by atoms with Crippen molar-refractivity contribution in [2.75, 3.05) is 12.4 Å². The Morgan fingerprint density at radius 2 is 2.07 bits per heavy atom. The van der Waals surface area contributed by atoms with Crippen molar-refractivity contribution in [1.82, 2.24) is 14.5 Å². The Morgan fingerprint density at radius 3 is 2.86 bits per heavy atom. The number of carbonyl (C=O) groups is 2. The molecule has 1 aromatic carbocycles. The minimum Gasteiger partial charge on any atom is -0.346 e. The lowest BCUT2D eigenvalue weighted by atomic mass is 10.0. The van der Waals surface area contributed by atoms with Crippen molar-refractivity contribution in [3.63, 3.8) is 0 Å². The Morgan fingerprint density at radius 1 is 1.28 bits per heavy atom. The van der Waals surface area contributed by atoms with Crippen LogP contribution >= 0.6 is 0 Å². The van der Waals surface area contributed by atoms with E-state index in [0.29, 0.717) is 18.7 Å². The van der Waals surface area contributed by atoms with Crippen molar-refractivity contribution >= 4 is 34.6 Å². The van der Waals surface area contributed by atoms with Crippen LogP contribution in [0.25, 0.3) is 17.0 Å². The van der Waals surface area contributed by atoms with Crippen molar-refractivity contribution < 1.29 is 9.59 Å². The Kier molecular flexibility index (Phi) is 4.92. The molecule has 0 radical (unpaired) electrons. The summed E-state index contributed by atoms with van der Waals surface area (Å²) in [5.41, 5.74) is 4.08. The highest BCUT2D eigenvalue weighted by molar-refractivity contribution is 5.94. The van der Waals surface area contributed by atoms with E-state index in [2.05, 4.69) is 33.1 Å². The smallest absolute Gasteiger partial charge is 0.246 e. The molecule has 29 heavy (non-hydrogen) atoms. The predicted molar refractivity (Wildman–Crippen MR) is 114 cm³/mol. The van der Waals surface area contributed by atoms with Gasteiger partial charge in [-0.1, -0.05) is 18.2 Å². The quantitative estimate of drug-likeness (QED) is 0.693. The molecule has 0 aliphatic carbocycles. The first-order valence-corrected chi connectivity index (χ1v) is 9.72. The second-order valence-electron chi connectivity index (χ2n) is 7.47. The molecule has 4 rings (SSSR count). The van der Waals surface area contributed by atoms with E-state index in [-0.39, 0.29) is 17.9 Å². The molecule has 2 amide bonds. The molecule has 1 unspecified atom stereocenters. The van der Waals surface area contributed by atoms with E-state index in [0.717, 1.165) is 22.3 Å². The highest BCUT2D eigenvalue weighted by Gasteiger charge is 2.20. The SMILES string of the molecule is CC(c1cc2ccccc2n1C)N(C)C(=O)C=Cc1cnc2c(c1)CCC(=O)N2. The zero-order chi connectivity index (χ0) is 20.5. The largest absolute Gasteiger partial charge is 0.346 e. The zero-order valence-corrected chi connectivity index (χ0v) is 16.8. The van der Waals surface area contributed by atoms with Crippen LogP contribution in [0, 0.1) is 0 Å². The van der Waals surface area contributed by atoms with Gasteiger partial charge >= 0.3 is 0 Å². The molecule has 148 valence electrons.